The number of aryl methyl sites for hydroxylation is 2. The highest BCUT2D eigenvalue weighted by molar-refractivity contribution is 5.92. The van der Waals surface area contributed by atoms with E-state index in [1.807, 2.05) is 32.0 Å². The van der Waals surface area contributed by atoms with Crippen LogP contribution in [0.1, 0.15) is 34.5 Å². The second-order valence-corrected chi connectivity index (χ2v) is 6.36. The molecule has 0 spiro atoms. The number of likely N-dealkylation sites (tertiary alicyclic amines) is 1. The number of ether oxygens (including phenoxy) is 1. The number of carbonyl (C=O) groups is 1. The largest absolute Gasteiger partial charge is 0.490 e. The lowest BCUT2D eigenvalue weighted by molar-refractivity contribution is 0.0584. The lowest BCUT2D eigenvalue weighted by Crippen LogP contribution is -2.42. The first-order valence-corrected chi connectivity index (χ1v) is 8.28. The zero-order valence-electron chi connectivity index (χ0n) is 14.3. The summed E-state index contributed by atoms with van der Waals surface area (Å²) in [6.07, 6.45) is 2.17. The highest BCUT2D eigenvalue weighted by Crippen LogP contribution is 2.24. The Morgan fingerprint density at radius 2 is 1.92 bits per heavy atom. The van der Waals surface area contributed by atoms with Crippen LogP contribution in [-0.2, 0) is 0 Å². The molecule has 2 aromatic rings. The van der Waals surface area contributed by atoms with Gasteiger partial charge in [0.25, 0.3) is 5.91 Å². The van der Waals surface area contributed by atoms with Crippen LogP contribution in [0.4, 0.5) is 8.78 Å². The molecule has 1 saturated heterocycles. The van der Waals surface area contributed by atoms with Crippen LogP contribution in [0.3, 0.4) is 0 Å². The summed E-state index contributed by atoms with van der Waals surface area (Å²) in [5.41, 5.74) is 1.86. The maximum Gasteiger partial charge on any atom is 0.275 e. The monoisotopic (exact) mass is 346 g/mol. The van der Waals surface area contributed by atoms with Gasteiger partial charge in [-0.25, -0.2) is 13.8 Å². The van der Waals surface area contributed by atoms with Gasteiger partial charge in [-0.05, 0) is 31.0 Å². The minimum atomic E-state index is -0.932. The van der Waals surface area contributed by atoms with E-state index in [2.05, 4.69) is 4.98 Å². The summed E-state index contributed by atoms with van der Waals surface area (Å²) in [7, 11) is 0. The maximum atomic E-state index is 13.7. The van der Waals surface area contributed by atoms with Crippen LogP contribution >= 0.6 is 0 Å². The van der Waals surface area contributed by atoms with Gasteiger partial charge < -0.3 is 9.64 Å². The van der Waals surface area contributed by atoms with Gasteiger partial charge in [-0.2, -0.15) is 0 Å². The van der Waals surface area contributed by atoms with Gasteiger partial charge in [-0.1, -0.05) is 12.1 Å². The number of pyridine rings is 1. The van der Waals surface area contributed by atoms with Crippen molar-refractivity contribution in [2.75, 3.05) is 13.1 Å². The van der Waals surface area contributed by atoms with Crippen LogP contribution < -0.4 is 4.74 Å². The average molecular weight is 346 g/mol. The van der Waals surface area contributed by atoms with Gasteiger partial charge in [-0.3, -0.25) is 4.79 Å². The number of amides is 1. The second kappa shape index (κ2) is 7.17. The molecule has 0 atom stereocenters. The van der Waals surface area contributed by atoms with Crippen LogP contribution in [-0.4, -0.2) is 35.0 Å². The van der Waals surface area contributed by atoms with Crippen LogP contribution in [0.5, 0.6) is 5.75 Å². The number of piperidine rings is 1. The Morgan fingerprint density at radius 3 is 2.60 bits per heavy atom. The first-order chi connectivity index (χ1) is 11.9. The Labute approximate surface area is 145 Å². The third kappa shape index (κ3) is 3.95. The Kier molecular flexibility index (Phi) is 4.97. The van der Waals surface area contributed by atoms with Crippen molar-refractivity contribution in [1.29, 1.82) is 0 Å². The summed E-state index contributed by atoms with van der Waals surface area (Å²) in [5, 5.41) is 0. The maximum absolute atomic E-state index is 13.7. The van der Waals surface area contributed by atoms with E-state index >= 15 is 0 Å². The Morgan fingerprint density at radius 1 is 1.20 bits per heavy atom. The second-order valence-electron chi connectivity index (χ2n) is 6.36. The van der Waals surface area contributed by atoms with Crippen LogP contribution in [0, 0.1) is 25.5 Å². The fourth-order valence-electron chi connectivity index (χ4n) is 2.91. The molecule has 1 aliphatic rings. The van der Waals surface area contributed by atoms with E-state index in [1.54, 1.807) is 0 Å². The molecular formula is C19H20F2N2O2. The van der Waals surface area contributed by atoms with Crippen molar-refractivity contribution in [3.8, 4) is 5.75 Å². The zero-order chi connectivity index (χ0) is 18.0. The lowest BCUT2D eigenvalue weighted by atomic mass is 10.1. The third-order valence-corrected chi connectivity index (χ3v) is 4.38. The van der Waals surface area contributed by atoms with Gasteiger partial charge in [0.1, 0.15) is 17.7 Å². The van der Waals surface area contributed by atoms with Gasteiger partial charge >= 0.3 is 0 Å². The van der Waals surface area contributed by atoms with Crippen molar-refractivity contribution < 1.29 is 18.3 Å². The summed E-state index contributed by atoms with van der Waals surface area (Å²) in [4.78, 5) is 17.5. The van der Waals surface area contributed by atoms with E-state index in [0.717, 1.165) is 23.1 Å². The third-order valence-electron chi connectivity index (χ3n) is 4.38. The minimum absolute atomic E-state index is 0.00979. The molecular weight excluding hydrogens is 326 g/mol. The molecule has 0 bridgehead atoms. The first-order valence-electron chi connectivity index (χ1n) is 8.28. The standard InChI is InChI=1S/C19H20F2N2O2/c1-12-3-4-13(2)17(9-12)25-15-5-7-23(8-6-15)19(24)18-16(21)10-14(20)11-22-18/h3-4,9-11,15H,5-8H2,1-2H3. The Hall–Kier alpha value is -2.50. The average Bonchev–Trinajstić information content (AvgIpc) is 2.58. The van der Waals surface area contributed by atoms with Gasteiger partial charge in [0.15, 0.2) is 11.5 Å². The summed E-state index contributed by atoms with van der Waals surface area (Å²) in [6.45, 7) is 4.91. The fourth-order valence-corrected chi connectivity index (χ4v) is 2.91. The van der Waals surface area contributed by atoms with Crippen molar-refractivity contribution in [2.45, 2.75) is 32.8 Å². The molecule has 2 heterocycles. The van der Waals surface area contributed by atoms with E-state index in [-0.39, 0.29) is 11.8 Å². The molecule has 6 heteroatoms. The predicted molar refractivity (Wildman–Crippen MR) is 89.6 cm³/mol. The molecule has 1 fully saturated rings. The molecule has 1 aliphatic heterocycles. The Bertz CT molecular complexity index is 787. The quantitative estimate of drug-likeness (QED) is 0.852. The summed E-state index contributed by atoms with van der Waals surface area (Å²) >= 11 is 0. The number of halogens is 2. The Balaban J connectivity index is 1.61. The van der Waals surface area contributed by atoms with Gasteiger partial charge in [0.2, 0.25) is 0 Å². The molecule has 0 radical (unpaired) electrons. The molecule has 4 nitrogen and oxygen atoms in total. The molecule has 1 aromatic carbocycles. The molecule has 25 heavy (non-hydrogen) atoms. The van der Waals surface area contributed by atoms with Gasteiger partial charge in [0, 0.05) is 32.0 Å². The van der Waals surface area contributed by atoms with Crippen molar-refractivity contribution in [3.63, 3.8) is 0 Å². The van der Waals surface area contributed by atoms with Crippen molar-refractivity contribution >= 4 is 5.91 Å². The van der Waals surface area contributed by atoms with E-state index < -0.39 is 17.5 Å². The van der Waals surface area contributed by atoms with Crippen LogP contribution in [0.15, 0.2) is 30.5 Å². The summed E-state index contributed by atoms with van der Waals surface area (Å²) in [5.74, 6) is -1.38. The van der Waals surface area contributed by atoms with Crippen molar-refractivity contribution in [2.24, 2.45) is 0 Å². The molecule has 1 amide bonds. The highest BCUT2D eigenvalue weighted by Gasteiger charge is 2.27. The number of nitrogens with zero attached hydrogens (tertiary/aromatic N) is 2. The molecule has 0 saturated carbocycles. The topological polar surface area (TPSA) is 42.4 Å². The number of aromatic nitrogens is 1. The predicted octanol–water partition coefficient (Wildman–Crippen LogP) is 3.66. The normalized spacial score (nSPS) is 15.3. The molecule has 0 N–H and O–H groups in total. The smallest absolute Gasteiger partial charge is 0.275 e. The molecule has 0 unspecified atom stereocenters. The zero-order valence-corrected chi connectivity index (χ0v) is 14.3. The summed E-state index contributed by atoms with van der Waals surface area (Å²) in [6, 6.07) is 6.74. The van der Waals surface area contributed by atoms with E-state index in [1.165, 1.54) is 4.90 Å². The van der Waals surface area contributed by atoms with Gasteiger partial charge in [0.05, 0.1) is 6.20 Å². The van der Waals surface area contributed by atoms with Gasteiger partial charge in [-0.15, -0.1) is 0 Å². The van der Waals surface area contributed by atoms with Crippen LogP contribution in [0.25, 0.3) is 0 Å². The molecule has 0 aliphatic carbocycles. The number of rotatable bonds is 3. The van der Waals surface area contributed by atoms with Crippen molar-refractivity contribution in [3.05, 3.63) is 58.9 Å². The number of carbonyl (C=O) groups excluding carboxylic acids is 1. The number of hydrogen-bond donors (Lipinski definition) is 0. The molecule has 1 aromatic heterocycles. The van der Waals surface area contributed by atoms with E-state index in [0.29, 0.717) is 32.0 Å². The highest BCUT2D eigenvalue weighted by atomic mass is 19.1. The number of hydrogen-bond acceptors (Lipinski definition) is 3. The van der Waals surface area contributed by atoms with E-state index in [4.69, 9.17) is 4.74 Å². The first kappa shape index (κ1) is 17.3. The lowest BCUT2D eigenvalue weighted by Gasteiger charge is -2.32. The SMILES string of the molecule is Cc1ccc(C)c(OC2CCN(C(=O)c3ncc(F)cc3F)CC2)c1. The minimum Gasteiger partial charge on any atom is -0.490 e. The van der Waals surface area contributed by atoms with Crippen LogP contribution in [0.2, 0.25) is 0 Å². The molecule has 132 valence electrons. The summed E-state index contributed by atoms with van der Waals surface area (Å²) < 4.78 is 32.7. The fraction of sp³-hybridized carbons (Fsp3) is 0.368. The van der Waals surface area contributed by atoms with E-state index in [9.17, 15) is 13.6 Å². The number of benzene rings is 1. The molecule has 3 rings (SSSR count). The van der Waals surface area contributed by atoms with Crippen molar-refractivity contribution in [1.82, 2.24) is 9.88 Å².